The second-order valence-corrected chi connectivity index (χ2v) is 5.28. The number of thioether (sulfide) groups is 1. The van der Waals surface area contributed by atoms with Crippen LogP contribution in [0, 0.1) is 6.92 Å². The van der Waals surface area contributed by atoms with Crippen LogP contribution >= 0.6 is 27.7 Å². The zero-order valence-electron chi connectivity index (χ0n) is 9.51. The average molecular weight is 328 g/mol. The highest BCUT2D eigenvalue weighted by Gasteiger charge is 2.08. The van der Waals surface area contributed by atoms with Crippen LogP contribution in [0.25, 0.3) is 0 Å². The van der Waals surface area contributed by atoms with E-state index >= 15 is 0 Å². The zero-order chi connectivity index (χ0) is 13.0. The van der Waals surface area contributed by atoms with Crippen molar-refractivity contribution in [2.75, 3.05) is 11.1 Å². The van der Waals surface area contributed by atoms with E-state index in [1.54, 1.807) is 6.92 Å². The van der Waals surface area contributed by atoms with Crippen LogP contribution in [0.3, 0.4) is 0 Å². The number of nitrogens with zero attached hydrogens (tertiary/aromatic N) is 2. The Kier molecular flexibility index (Phi) is 4.38. The normalized spacial score (nSPS) is 10.3. The van der Waals surface area contributed by atoms with Crippen LogP contribution in [-0.2, 0) is 4.79 Å². The summed E-state index contributed by atoms with van der Waals surface area (Å²) in [7, 11) is 0. The molecule has 5 nitrogen and oxygen atoms in total. The fourth-order valence-electron chi connectivity index (χ4n) is 1.23. The lowest BCUT2D eigenvalue weighted by Gasteiger charge is -2.03. The molecule has 0 fully saturated rings. The topological polar surface area (TPSA) is 68.0 Å². The third-order valence-electron chi connectivity index (χ3n) is 1.94. The first-order valence-corrected chi connectivity index (χ1v) is 6.89. The molecule has 1 aromatic heterocycles. The fraction of sp³-hybridized carbons (Fsp3) is 0.182. The minimum absolute atomic E-state index is 0.117. The molecule has 1 amide bonds. The average Bonchev–Trinajstić information content (AvgIpc) is 2.73. The molecule has 1 N–H and O–H groups in total. The minimum Gasteiger partial charge on any atom is -0.416 e. The van der Waals surface area contributed by atoms with Gasteiger partial charge >= 0.3 is 0 Å². The van der Waals surface area contributed by atoms with Gasteiger partial charge in [0.25, 0.3) is 5.22 Å². The van der Waals surface area contributed by atoms with E-state index in [2.05, 4.69) is 31.4 Å². The van der Waals surface area contributed by atoms with Crippen LogP contribution in [0.2, 0.25) is 0 Å². The van der Waals surface area contributed by atoms with Crippen LogP contribution in [0.15, 0.2) is 38.4 Å². The van der Waals surface area contributed by atoms with Crippen molar-refractivity contribution in [3.05, 3.63) is 34.6 Å². The molecule has 0 aliphatic rings. The van der Waals surface area contributed by atoms with Gasteiger partial charge in [0.05, 0.1) is 5.75 Å². The SMILES string of the molecule is Cc1nnc(SCC(=O)Nc2cccc(Br)c2)o1. The first-order valence-electron chi connectivity index (χ1n) is 5.12. The number of halogens is 1. The molecule has 1 aromatic carbocycles. The maximum absolute atomic E-state index is 11.7. The van der Waals surface area contributed by atoms with E-state index in [-0.39, 0.29) is 11.7 Å². The minimum atomic E-state index is -0.117. The van der Waals surface area contributed by atoms with Gasteiger partial charge in [-0.3, -0.25) is 4.79 Å². The van der Waals surface area contributed by atoms with Crippen molar-refractivity contribution in [1.82, 2.24) is 10.2 Å². The van der Waals surface area contributed by atoms with E-state index in [0.717, 1.165) is 10.2 Å². The molecule has 0 saturated heterocycles. The molecule has 2 aromatic rings. The Morgan fingerprint density at radius 1 is 1.50 bits per heavy atom. The van der Waals surface area contributed by atoms with Crippen LogP contribution in [-0.4, -0.2) is 21.9 Å². The van der Waals surface area contributed by atoms with Crippen molar-refractivity contribution >= 4 is 39.3 Å². The molecular formula is C11H10BrN3O2S. The van der Waals surface area contributed by atoms with Crippen molar-refractivity contribution in [3.8, 4) is 0 Å². The molecule has 0 unspecified atom stereocenters. The smallest absolute Gasteiger partial charge is 0.277 e. The standard InChI is InChI=1S/C11H10BrN3O2S/c1-7-14-15-11(17-7)18-6-10(16)13-9-4-2-3-8(12)5-9/h2-5H,6H2,1H3,(H,13,16). The van der Waals surface area contributed by atoms with E-state index in [1.165, 1.54) is 11.8 Å². The highest BCUT2D eigenvalue weighted by molar-refractivity contribution is 9.10. The van der Waals surface area contributed by atoms with Crippen LogP contribution in [0.4, 0.5) is 5.69 Å². The van der Waals surface area contributed by atoms with Crippen molar-refractivity contribution < 1.29 is 9.21 Å². The molecule has 18 heavy (non-hydrogen) atoms. The molecular weight excluding hydrogens is 318 g/mol. The Bertz CT molecular complexity index is 559. The van der Waals surface area contributed by atoms with Gasteiger partial charge in [0, 0.05) is 17.1 Å². The zero-order valence-corrected chi connectivity index (χ0v) is 11.9. The van der Waals surface area contributed by atoms with Crippen molar-refractivity contribution in [1.29, 1.82) is 0 Å². The second-order valence-electron chi connectivity index (χ2n) is 3.43. The van der Waals surface area contributed by atoms with Gasteiger partial charge in [0.15, 0.2) is 0 Å². The van der Waals surface area contributed by atoms with Crippen molar-refractivity contribution in [2.24, 2.45) is 0 Å². The lowest BCUT2D eigenvalue weighted by atomic mass is 10.3. The molecule has 0 radical (unpaired) electrons. The van der Waals surface area contributed by atoms with Crippen LogP contribution in [0.1, 0.15) is 5.89 Å². The molecule has 94 valence electrons. The van der Waals surface area contributed by atoms with Gasteiger partial charge in [-0.05, 0) is 18.2 Å². The van der Waals surface area contributed by atoms with E-state index in [1.807, 2.05) is 24.3 Å². The van der Waals surface area contributed by atoms with Gasteiger partial charge in [0.1, 0.15) is 0 Å². The number of hydrogen-bond acceptors (Lipinski definition) is 5. The summed E-state index contributed by atoms with van der Waals surface area (Å²) in [6.07, 6.45) is 0. The number of rotatable bonds is 4. The first kappa shape index (κ1) is 13.1. The number of hydrogen-bond donors (Lipinski definition) is 1. The summed E-state index contributed by atoms with van der Waals surface area (Å²) in [6.45, 7) is 1.71. The molecule has 0 aliphatic heterocycles. The Labute approximate surface area is 116 Å². The predicted molar refractivity (Wildman–Crippen MR) is 72.5 cm³/mol. The molecule has 2 rings (SSSR count). The number of amides is 1. The third-order valence-corrected chi connectivity index (χ3v) is 3.25. The number of nitrogens with one attached hydrogen (secondary N) is 1. The maximum Gasteiger partial charge on any atom is 0.277 e. The Hall–Kier alpha value is -1.34. The summed E-state index contributed by atoms with van der Waals surface area (Å²) in [6, 6.07) is 7.41. The van der Waals surface area contributed by atoms with Crippen molar-refractivity contribution in [3.63, 3.8) is 0 Å². The monoisotopic (exact) mass is 327 g/mol. The Morgan fingerprint density at radius 3 is 3.00 bits per heavy atom. The summed E-state index contributed by atoms with van der Waals surface area (Å²) in [5, 5.41) is 10.7. The number of anilines is 1. The summed E-state index contributed by atoms with van der Waals surface area (Å²) < 4.78 is 6.07. The summed E-state index contributed by atoms with van der Waals surface area (Å²) in [4.78, 5) is 11.7. The van der Waals surface area contributed by atoms with Gasteiger partial charge in [-0.1, -0.05) is 33.8 Å². The maximum atomic E-state index is 11.7. The number of carbonyl (C=O) groups is 1. The van der Waals surface area contributed by atoms with Gasteiger partial charge in [-0.15, -0.1) is 10.2 Å². The lowest BCUT2D eigenvalue weighted by molar-refractivity contribution is -0.113. The molecule has 0 spiro atoms. The third kappa shape index (κ3) is 3.85. The number of carbonyl (C=O) groups excluding carboxylic acids is 1. The van der Waals surface area contributed by atoms with Gasteiger partial charge < -0.3 is 9.73 Å². The molecule has 0 aliphatic carbocycles. The van der Waals surface area contributed by atoms with E-state index in [9.17, 15) is 4.79 Å². The van der Waals surface area contributed by atoms with Gasteiger partial charge in [-0.25, -0.2) is 0 Å². The molecule has 0 atom stereocenters. The highest BCUT2D eigenvalue weighted by atomic mass is 79.9. The number of benzene rings is 1. The molecule has 7 heteroatoms. The first-order chi connectivity index (χ1) is 8.63. The summed E-state index contributed by atoms with van der Waals surface area (Å²) in [5.74, 6) is 0.604. The van der Waals surface area contributed by atoms with Crippen molar-refractivity contribution in [2.45, 2.75) is 12.1 Å². The summed E-state index contributed by atoms with van der Waals surface area (Å²) in [5.41, 5.74) is 0.747. The summed E-state index contributed by atoms with van der Waals surface area (Å²) >= 11 is 4.55. The highest BCUT2D eigenvalue weighted by Crippen LogP contribution is 2.18. The van der Waals surface area contributed by atoms with E-state index in [0.29, 0.717) is 11.1 Å². The Morgan fingerprint density at radius 2 is 2.33 bits per heavy atom. The number of aromatic nitrogens is 2. The largest absolute Gasteiger partial charge is 0.416 e. The molecule has 0 saturated carbocycles. The van der Waals surface area contributed by atoms with E-state index < -0.39 is 0 Å². The number of aryl methyl sites for hydroxylation is 1. The predicted octanol–water partition coefficient (Wildman–Crippen LogP) is 2.87. The molecule has 1 heterocycles. The lowest BCUT2D eigenvalue weighted by Crippen LogP contribution is -2.13. The molecule has 0 bridgehead atoms. The van der Waals surface area contributed by atoms with Gasteiger partial charge in [0.2, 0.25) is 11.8 Å². The second kappa shape index (κ2) is 6.01. The fourth-order valence-corrected chi connectivity index (χ4v) is 2.23. The van der Waals surface area contributed by atoms with Crippen LogP contribution in [0.5, 0.6) is 0 Å². The Balaban J connectivity index is 1.85. The van der Waals surface area contributed by atoms with Gasteiger partial charge in [-0.2, -0.15) is 0 Å². The van der Waals surface area contributed by atoms with E-state index in [4.69, 9.17) is 4.42 Å². The van der Waals surface area contributed by atoms with Crippen LogP contribution < -0.4 is 5.32 Å². The quantitative estimate of drug-likeness (QED) is 0.874.